The summed E-state index contributed by atoms with van der Waals surface area (Å²) < 4.78 is 5.67. The summed E-state index contributed by atoms with van der Waals surface area (Å²) in [4.78, 5) is 0. The van der Waals surface area contributed by atoms with Crippen LogP contribution >= 0.6 is 0 Å². The van der Waals surface area contributed by atoms with Crippen molar-refractivity contribution in [2.24, 2.45) is 5.84 Å². The number of nitrogens with two attached hydrogens (primary N) is 1. The SMILES string of the molecule is C=CCCCCCC(CCOc1ccccc1)NN. The van der Waals surface area contributed by atoms with Crippen LogP contribution in [0.1, 0.15) is 38.5 Å². The second-order valence-corrected chi connectivity index (χ2v) is 4.74. The first-order valence-electron chi connectivity index (χ1n) is 7.11. The van der Waals surface area contributed by atoms with Crippen molar-refractivity contribution in [3.05, 3.63) is 43.0 Å². The second kappa shape index (κ2) is 10.6. The minimum atomic E-state index is 0.340. The molecule has 1 atom stereocenters. The van der Waals surface area contributed by atoms with Crippen molar-refractivity contribution in [2.45, 2.75) is 44.6 Å². The lowest BCUT2D eigenvalue weighted by molar-refractivity contribution is 0.279. The van der Waals surface area contributed by atoms with Gasteiger partial charge in [0.15, 0.2) is 0 Å². The third kappa shape index (κ3) is 7.65. The summed E-state index contributed by atoms with van der Waals surface area (Å²) in [6.45, 7) is 4.43. The minimum absolute atomic E-state index is 0.340. The Morgan fingerprint density at radius 3 is 2.63 bits per heavy atom. The van der Waals surface area contributed by atoms with Crippen molar-refractivity contribution >= 4 is 0 Å². The number of benzene rings is 1. The van der Waals surface area contributed by atoms with Crippen LogP contribution in [-0.2, 0) is 0 Å². The zero-order valence-corrected chi connectivity index (χ0v) is 11.7. The molecule has 0 bridgehead atoms. The van der Waals surface area contributed by atoms with Gasteiger partial charge in [0.05, 0.1) is 6.61 Å². The molecule has 0 aromatic heterocycles. The number of rotatable bonds is 11. The van der Waals surface area contributed by atoms with Crippen molar-refractivity contribution < 1.29 is 4.74 Å². The molecular weight excluding hydrogens is 236 g/mol. The summed E-state index contributed by atoms with van der Waals surface area (Å²) in [5.74, 6) is 6.49. The third-order valence-corrected chi connectivity index (χ3v) is 3.17. The normalized spacial score (nSPS) is 12.1. The number of hydrogen-bond acceptors (Lipinski definition) is 3. The average Bonchev–Trinajstić information content (AvgIpc) is 2.46. The van der Waals surface area contributed by atoms with E-state index in [0.717, 1.165) is 25.0 Å². The largest absolute Gasteiger partial charge is 0.494 e. The Hall–Kier alpha value is -1.32. The van der Waals surface area contributed by atoms with Crippen LogP contribution in [0.5, 0.6) is 5.75 Å². The van der Waals surface area contributed by atoms with E-state index in [4.69, 9.17) is 10.6 Å². The summed E-state index contributed by atoms with van der Waals surface area (Å²) in [5.41, 5.74) is 2.88. The van der Waals surface area contributed by atoms with Gasteiger partial charge in [0.2, 0.25) is 0 Å². The molecule has 0 heterocycles. The highest BCUT2D eigenvalue weighted by atomic mass is 16.5. The molecule has 3 nitrogen and oxygen atoms in total. The summed E-state index contributed by atoms with van der Waals surface area (Å²) in [7, 11) is 0. The second-order valence-electron chi connectivity index (χ2n) is 4.74. The maximum absolute atomic E-state index is 5.67. The molecule has 0 amide bonds. The van der Waals surface area contributed by atoms with Crippen LogP contribution in [-0.4, -0.2) is 12.6 Å². The van der Waals surface area contributed by atoms with Gasteiger partial charge >= 0.3 is 0 Å². The van der Waals surface area contributed by atoms with E-state index in [1.54, 1.807) is 0 Å². The predicted octanol–water partition coefficient (Wildman–Crippen LogP) is 3.42. The smallest absolute Gasteiger partial charge is 0.119 e. The zero-order valence-electron chi connectivity index (χ0n) is 11.7. The fourth-order valence-corrected chi connectivity index (χ4v) is 2.00. The fraction of sp³-hybridized carbons (Fsp3) is 0.500. The van der Waals surface area contributed by atoms with E-state index in [1.165, 1.54) is 19.3 Å². The van der Waals surface area contributed by atoms with Gasteiger partial charge in [0, 0.05) is 6.04 Å². The van der Waals surface area contributed by atoms with E-state index >= 15 is 0 Å². The maximum Gasteiger partial charge on any atom is 0.119 e. The standard InChI is InChI=1S/C16H26N2O/c1-2-3-4-5-7-10-15(18-17)13-14-19-16-11-8-6-9-12-16/h2,6,8-9,11-12,15,18H,1,3-5,7,10,13-14,17H2. The van der Waals surface area contributed by atoms with Gasteiger partial charge in [0.25, 0.3) is 0 Å². The number of allylic oxidation sites excluding steroid dienone is 1. The number of hydrazine groups is 1. The molecule has 0 spiro atoms. The van der Waals surface area contributed by atoms with Crippen LogP contribution in [0.4, 0.5) is 0 Å². The Kier molecular flexibility index (Phi) is 8.77. The molecule has 1 aromatic rings. The lowest BCUT2D eigenvalue weighted by atomic mass is 10.1. The van der Waals surface area contributed by atoms with E-state index in [9.17, 15) is 0 Å². The molecular formula is C16H26N2O. The van der Waals surface area contributed by atoms with Gasteiger partial charge in [-0.3, -0.25) is 11.3 Å². The Bertz CT molecular complexity index is 327. The first kappa shape index (κ1) is 15.7. The number of para-hydroxylation sites is 1. The lowest BCUT2D eigenvalue weighted by Gasteiger charge is -2.16. The number of nitrogens with one attached hydrogen (secondary N) is 1. The summed E-state index contributed by atoms with van der Waals surface area (Å²) >= 11 is 0. The fourth-order valence-electron chi connectivity index (χ4n) is 2.00. The number of unbranched alkanes of at least 4 members (excludes halogenated alkanes) is 3. The minimum Gasteiger partial charge on any atom is -0.494 e. The molecule has 0 aliphatic rings. The molecule has 106 valence electrons. The van der Waals surface area contributed by atoms with Crippen LogP contribution in [0.25, 0.3) is 0 Å². The van der Waals surface area contributed by atoms with E-state index in [1.807, 2.05) is 36.4 Å². The molecule has 0 saturated carbocycles. The van der Waals surface area contributed by atoms with Crippen molar-refractivity contribution in [2.75, 3.05) is 6.61 Å². The predicted molar refractivity (Wildman–Crippen MR) is 80.9 cm³/mol. The number of ether oxygens (including phenoxy) is 1. The van der Waals surface area contributed by atoms with Gasteiger partial charge < -0.3 is 4.74 Å². The summed E-state index contributed by atoms with van der Waals surface area (Å²) in [6.07, 6.45) is 8.79. The Morgan fingerprint density at radius 1 is 1.16 bits per heavy atom. The van der Waals surface area contributed by atoms with E-state index in [2.05, 4.69) is 12.0 Å². The molecule has 0 saturated heterocycles. The first-order valence-corrected chi connectivity index (χ1v) is 7.11. The van der Waals surface area contributed by atoms with E-state index < -0.39 is 0 Å². The Balaban J connectivity index is 2.09. The molecule has 1 unspecified atom stereocenters. The van der Waals surface area contributed by atoms with Crippen LogP contribution in [0.3, 0.4) is 0 Å². The quantitative estimate of drug-likeness (QED) is 0.278. The molecule has 3 N–H and O–H groups in total. The van der Waals surface area contributed by atoms with E-state index in [0.29, 0.717) is 12.6 Å². The van der Waals surface area contributed by atoms with Crippen LogP contribution in [0.15, 0.2) is 43.0 Å². The molecule has 1 aromatic carbocycles. The highest BCUT2D eigenvalue weighted by Gasteiger charge is 2.06. The van der Waals surface area contributed by atoms with Gasteiger partial charge in [-0.25, -0.2) is 0 Å². The van der Waals surface area contributed by atoms with Gasteiger partial charge in [0.1, 0.15) is 5.75 Å². The molecule has 0 aliphatic carbocycles. The molecule has 19 heavy (non-hydrogen) atoms. The van der Waals surface area contributed by atoms with Crippen LogP contribution < -0.4 is 16.0 Å². The van der Waals surface area contributed by atoms with E-state index in [-0.39, 0.29) is 0 Å². The zero-order chi connectivity index (χ0) is 13.8. The molecule has 1 rings (SSSR count). The van der Waals surface area contributed by atoms with Crippen LogP contribution in [0, 0.1) is 0 Å². The average molecular weight is 262 g/mol. The number of hydrogen-bond donors (Lipinski definition) is 2. The van der Waals surface area contributed by atoms with Crippen molar-refractivity contribution in [3.8, 4) is 5.75 Å². The Morgan fingerprint density at radius 2 is 1.95 bits per heavy atom. The van der Waals surface area contributed by atoms with Gasteiger partial charge in [-0.15, -0.1) is 6.58 Å². The van der Waals surface area contributed by atoms with Crippen molar-refractivity contribution in [3.63, 3.8) is 0 Å². The van der Waals surface area contributed by atoms with Gasteiger partial charge in [-0.2, -0.15) is 0 Å². The monoisotopic (exact) mass is 262 g/mol. The topological polar surface area (TPSA) is 47.3 Å². The highest BCUT2D eigenvalue weighted by molar-refractivity contribution is 5.20. The Labute approximate surface area is 116 Å². The van der Waals surface area contributed by atoms with Crippen molar-refractivity contribution in [1.82, 2.24) is 5.43 Å². The van der Waals surface area contributed by atoms with Crippen LogP contribution in [0.2, 0.25) is 0 Å². The first-order chi connectivity index (χ1) is 9.36. The summed E-state index contributed by atoms with van der Waals surface area (Å²) in [5, 5.41) is 0. The highest BCUT2D eigenvalue weighted by Crippen LogP contribution is 2.11. The van der Waals surface area contributed by atoms with Crippen molar-refractivity contribution in [1.29, 1.82) is 0 Å². The summed E-state index contributed by atoms with van der Waals surface area (Å²) in [6, 6.07) is 10.2. The lowest BCUT2D eigenvalue weighted by Crippen LogP contribution is -2.36. The maximum atomic E-state index is 5.67. The molecule has 0 aliphatic heterocycles. The molecule has 0 radical (unpaired) electrons. The molecule has 3 heteroatoms. The van der Waals surface area contributed by atoms with Gasteiger partial charge in [-0.05, 0) is 37.8 Å². The van der Waals surface area contributed by atoms with Gasteiger partial charge in [-0.1, -0.05) is 37.1 Å². The molecule has 0 fully saturated rings. The third-order valence-electron chi connectivity index (χ3n) is 3.17.